The van der Waals surface area contributed by atoms with Gasteiger partial charge >= 0.3 is 0 Å². The van der Waals surface area contributed by atoms with Gasteiger partial charge in [-0.1, -0.05) is 13.8 Å². The first-order valence-corrected chi connectivity index (χ1v) is 7.74. The second-order valence-corrected chi connectivity index (χ2v) is 5.69. The van der Waals surface area contributed by atoms with Crippen molar-refractivity contribution in [1.29, 1.82) is 0 Å². The third-order valence-electron chi connectivity index (χ3n) is 4.41. The van der Waals surface area contributed by atoms with Crippen molar-refractivity contribution in [2.75, 3.05) is 46.3 Å². The second-order valence-electron chi connectivity index (χ2n) is 5.69. The van der Waals surface area contributed by atoms with E-state index in [0.717, 1.165) is 38.5 Å². The summed E-state index contributed by atoms with van der Waals surface area (Å²) in [6.45, 7) is 8.96. The molecule has 0 saturated carbocycles. The predicted molar refractivity (Wildman–Crippen MR) is 82.9 cm³/mol. The minimum absolute atomic E-state index is 0.180. The smallest absolute Gasteiger partial charge is 0.236 e. The van der Waals surface area contributed by atoms with Crippen LogP contribution in [0.1, 0.15) is 25.7 Å². The van der Waals surface area contributed by atoms with Gasteiger partial charge in [-0.3, -0.25) is 14.6 Å². The Bertz CT molecular complexity index is 468. The van der Waals surface area contributed by atoms with Gasteiger partial charge in [-0.2, -0.15) is 0 Å². The Labute approximate surface area is 127 Å². The Hall–Kier alpha value is -1.40. The summed E-state index contributed by atoms with van der Waals surface area (Å²) in [7, 11) is 4.11. The van der Waals surface area contributed by atoms with E-state index in [1.165, 1.54) is 0 Å². The number of nitrogens with zero attached hydrogens (tertiary/aromatic N) is 5. The van der Waals surface area contributed by atoms with Crippen LogP contribution >= 0.6 is 0 Å². The van der Waals surface area contributed by atoms with Crippen molar-refractivity contribution in [3.63, 3.8) is 0 Å². The van der Waals surface area contributed by atoms with E-state index in [-0.39, 0.29) is 11.9 Å². The lowest BCUT2D eigenvalue weighted by atomic mass is 10.1. The van der Waals surface area contributed by atoms with E-state index in [1.54, 1.807) is 0 Å². The maximum Gasteiger partial charge on any atom is 0.236 e. The second kappa shape index (κ2) is 7.04. The lowest BCUT2D eigenvalue weighted by molar-refractivity contribution is -0.135. The number of carbonyl (C=O) groups is 1. The molecule has 2 rings (SSSR count). The number of carbonyl (C=O) groups excluding carboxylic acids is 1. The summed E-state index contributed by atoms with van der Waals surface area (Å²) < 4.78 is 2.04. The number of aryl methyl sites for hydroxylation is 1. The standard InChI is InChI=1S/C15H27N5O/c1-5-19(6-2)12-14(21)20-10-9-17(3)13(11-20)15-16-7-8-18(15)4/h7-8,13H,5-6,9-12H2,1-4H3/t13-/m1/s1. The van der Waals surface area contributed by atoms with Crippen LogP contribution in [-0.4, -0.2) is 76.5 Å². The highest BCUT2D eigenvalue weighted by atomic mass is 16.2. The van der Waals surface area contributed by atoms with Gasteiger partial charge in [0.2, 0.25) is 5.91 Å². The molecule has 0 bridgehead atoms. The van der Waals surface area contributed by atoms with E-state index in [9.17, 15) is 4.79 Å². The van der Waals surface area contributed by atoms with Gasteiger partial charge in [0, 0.05) is 39.1 Å². The fraction of sp³-hybridized carbons (Fsp3) is 0.733. The molecule has 0 unspecified atom stereocenters. The molecule has 6 heteroatoms. The molecule has 1 atom stereocenters. The minimum Gasteiger partial charge on any atom is -0.338 e. The maximum absolute atomic E-state index is 12.5. The average molecular weight is 293 g/mol. The Kier molecular flexibility index (Phi) is 5.36. The molecule has 6 nitrogen and oxygen atoms in total. The summed E-state index contributed by atoms with van der Waals surface area (Å²) >= 11 is 0. The van der Waals surface area contributed by atoms with Gasteiger partial charge in [0.15, 0.2) is 0 Å². The molecular formula is C15H27N5O. The Morgan fingerprint density at radius 3 is 2.62 bits per heavy atom. The van der Waals surface area contributed by atoms with Gasteiger partial charge in [-0.25, -0.2) is 4.98 Å². The molecule has 1 aromatic rings. The molecule has 118 valence electrons. The van der Waals surface area contributed by atoms with Crippen LogP contribution in [0.3, 0.4) is 0 Å². The molecule has 1 aliphatic heterocycles. The first-order valence-electron chi connectivity index (χ1n) is 7.74. The number of rotatable bonds is 5. The van der Waals surface area contributed by atoms with Crippen LogP contribution < -0.4 is 0 Å². The summed E-state index contributed by atoms with van der Waals surface area (Å²) in [5.74, 6) is 1.25. The number of hydrogen-bond acceptors (Lipinski definition) is 4. The van der Waals surface area contributed by atoms with Crippen LogP contribution in [0.15, 0.2) is 12.4 Å². The predicted octanol–water partition coefficient (Wildman–Crippen LogP) is 0.577. The summed E-state index contributed by atoms with van der Waals surface area (Å²) in [5.41, 5.74) is 0. The molecule has 0 radical (unpaired) electrons. The number of likely N-dealkylation sites (N-methyl/N-ethyl adjacent to an activating group) is 2. The van der Waals surface area contributed by atoms with Crippen molar-refractivity contribution in [2.24, 2.45) is 7.05 Å². The normalized spacial score (nSPS) is 20.2. The number of amides is 1. The van der Waals surface area contributed by atoms with E-state index in [4.69, 9.17) is 0 Å². The molecule has 0 aliphatic carbocycles. The topological polar surface area (TPSA) is 44.6 Å². The molecule has 0 aromatic carbocycles. The van der Waals surface area contributed by atoms with E-state index >= 15 is 0 Å². The third kappa shape index (κ3) is 3.63. The molecule has 1 amide bonds. The molecule has 1 saturated heterocycles. The van der Waals surface area contributed by atoms with E-state index in [2.05, 4.69) is 35.7 Å². The lowest BCUT2D eigenvalue weighted by Crippen LogP contribution is -2.51. The Balaban J connectivity index is 2.03. The number of piperazine rings is 1. The zero-order valence-corrected chi connectivity index (χ0v) is 13.6. The third-order valence-corrected chi connectivity index (χ3v) is 4.41. The molecule has 2 heterocycles. The molecule has 21 heavy (non-hydrogen) atoms. The fourth-order valence-electron chi connectivity index (χ4n) is 2.82. The Morgan fingerprint density at radius 1 is 1.33 bits per heavy atom. The van der Waals surface area contributed by atoms with Gasteiger partial charge in [0.1, 0.15) is 5.82 Å². The average Bonchev–Trinajstić information content (AvgIpc) is 2.91. The summed E-state index contributed by atoms with van der Waals surface area (Å²) in [6.07, 6.45) is 3.78. The van der Waals surface area contributed by atoms with Crippen molar-refractivity contribution >= 4 is 5.91 Å². The van der Waals surface area contributed by atoms with Crippen LogP contribution in [0.4, 0.5) is 0 Å². The van der Waals surface area contributed by atoms with Crippen molar-refractivity contribution in [2.45, 2.75) is 19.9 Å². The van der Waals surface area contributed by atoms with Gasteiger partial charge < -0.3 is 9.47 Å². The van der Waals surface area contributed by atoms with Crippen molar-refractivity contribution in [1.82, 2.24) is 24.3 Å². The SMILES string of the molecule is CCN(CC)CC(=O)N1CCN(C)[C@@H](c2nccn2C)C1. The number of hydrogen-bond donors (Lipinski definition) is 0. The van der Waals surface area contributed by atoms with Gasteiger partial charge in [0.05, 0.1) is 12.6 Å². The van der Waals surface area contributed by atoms with Crippen molar-refractivity contribution in [3.05, 3.63) is 18.2 Å². The largest absolute Gasteiger partial charge is 0.338 e. The lowest BCUT2D eigenvalue weighted by Gasteiger charge is -2.39. The molecule has 1 aliphatic rings. The van der Waals surface area contributed by atoms with E-state index < -0.39 is 0 Å². The Morgan fingerprint density at radius 2 is 2.05 bits per heavy atom. The quantitative estimate of drug-likeness (QED) is 0.796. The zero-order chi connectivity index (χ0) is 15.4. The van der Waals surface area contributed by atoms with Crippen LogP contribution in [0, 0.1) is 0 Å². The first kappa shape index (κ1) is 16.0. The van der Waals surface area contributed by atoms with Crippen molar-refractivity contribution < 1.29 is 4.79 Å². The molecule has 0 spiro atoms. The molecule has 1 aromatic heterocycles. The highest BCUT2D eigenvalue weighted by Gasteiger charge is 2.30. The highest BCUT2D eigenvalue weighted by Crippen LogP contribution is 2.22. The monoisotopic (exact) mass is 293 g/mol. The zero-order valence-electron chi connectivity index (χ0n) is 13.6. The number of imidazole rings is 1. The van der Waals surface area contributed by atoms with Crippen LogP contribution in [0.2, 0.25) is 0 Å². The van der Waals surface area contributed by atoms with Crippen molar-refractivity contribution in [3.8, 4) is 0 Å². The fourth-order valence-corrected chi connectivity index (χ4v) is 2.82. The summed E-state index contributed by atoms with van der Waals surface area (Å²) in [6, 6.07) is 0.180. The van der Waals surface area contributed by atoms with Crippen LogP contribution in [0.25, 0.3) is 0 Å². The molecule has 0 N–H and O–H groups in total. The first-order chi connectivity index (χ1) is 10.1. The van der Waals surface area contributed by atoms with Crippen LogP contribution in [-0.2, 0) is 11.8 Å². The van der Waals surface area contributed by atoms with Gasteiger partial charge in [-0.15, -0.1) is 0 Å². The van der Waals surface area contributed by atoms with Gasteiger partial charge in [-0.05, 0) is 20.1 Å². The molecule has 1 fully saturated rings. The minimum atomic E-state index is 0.180. The maximum atomic E-state index is 12.5. The highest BCUT2D eigenvalue weighted by molar-refractivity contribution is 5.78. The summed E-state index contributed by atoms with van der Waals surface area (Å²) in [4.78, 5) is 23.3. The summed E-state index contributed by atoms with van der Waals surface area (Å²) in [5, 5.41) is 0. The molecular weight excluding hydrogens is 266 g/mol. The van der Waals surface area contributed by atoms with Gasteiger partial charge in [0.25, 0.3) is 0 Å². The number of aromatic nitrogens is 2. The van der Waals surface area contributed by atoms with Crippen LogP contribution in [0.5, 0.6) is 0 Å². The van der Waals surface area contributed by atoms with E-state index in [1.807, 2.05) is 28.9 Å². The van der Waals surface area contributed by atoms with E-state index in [0.29, 0.717) is 6.54 Å².